The highest BCUT2D eigenvalue weighted by Gasteiger charge is 2.11. The molecule has 21 heavy (non-hydrogen) atoms. The third kappa shape index (κ3) is 2.94. The summed E-state index contributed by atoms with van der Waals surface area (Å²) in [7, 11) is 0. The van der Waals surface area contributed by atoms with Gasteiger partial charge in [0.25, 0.3) is 0 Å². The van der Waals surface area contributed by atoms with Gasteiger partial charge >= 0.3 is 0 Å². The van der Waals surface area contributed by atoms with Crippen molar-refractivity contribution in [3.05, 3.63) is 71.3 Å². The number of phenols is 2. The van der Waals surface area contributed by atoms with Crippen molar-refractivity contribution < 1.29 is 19.0 Å². The molecule has 0 aliphatic rings. The Labute approximate surface area is 121 Å². The van der Waals surface area contributed by atoms with Crippen LogP contribution in [0, 0.1) is 11.6 Å². The van der Waals surface area contributed by atoms with Crippen molar-refractivity contribution in [2.45, 2.75) is 6.42 Å². The summed E-state index contributed by atoms with van der Waals surface area (Å²) in [6.45, 7) is 7.00. The fraction of sp³-hybridized carbons (Fsp3) is 0.0588. The van der Waals surface area contributed by atoms with Crippen LogP contribution in [0.3, 0.4) is 0 Å². The Balaban J connectivity index is 2.43. The smallest absolute Gasteiger partial charge is 0.165 e. The first-order valence-corrected chi connectivity index (χ1v) is 6.24. The van der Waals surface area contributed by atoms with Crippen LogP contribution in [0.4, 0.5) is 8.78 Å². The lowest BCUT2D eigenvalue weighted by molar-refractivity contribution is 0.430. The minimum absolute atomic E-state index is 0.246. The fourth-order valence-electron chi connectivity index (χ4n) is 2.11. The van der Waals surface area contributed by atoms with Gasteiger partial charge in [-0.05, 0) is 41.8 Å². The van der Waals surface area contributed by atoms with Crippen LogP contribution in [0.5, 0.6) is 11.5 Å². The van der Waals surface area contributed by atoms with E-state index in [-0.39, 0.29) is 17.5 Å². The molecular weight excluding hydrogens is 274 g/mol. The standard InChI is InChI=1S/C17H14F2O2/c1-3-12-6-10(8-14(18)16(12)20)5-11-7-13(4-2)17(21)15(19)9-11/h3-4,6-9,20-21H,1-2,5H2. The third-order valence-corrected chi connectivity index (χ3v) is 3.15. The zero-order valence-corrected chi connectivity index (χ0v) is 11.2. The second-order valence-corrected chi connectivity index (χ2v) is 4.62. The van der Waals surface area contributed by atoms with Gasteiger partial charge in [0.15, 0.2) is 23.1 Å². The second-order valence-electron chi connectivity index (χ2n) is 4.62. The SMILES string of the molecule is C=Cc1cc(Cc2cc(F)c(O)c(C=C)c2)cc(F)c1O. The Morgan fingerprint density at radius 2 is 1.19 bits per heavy atom. The lowest BCUT2D eigenvalue weighted by Gasteiger charge is -2.09. The second kappa shape index (κ2) is 5.79. The number of aromatic hydroxyl groups is 2. The molecule has 0 radical (unpaired) electrons. The molecule has 2 aromatic carbocycles. The monoisotopic (exact) mass is 288 g/mol. The van der Waals surface area contributed by atoms with Gasteiger partial charge in [0, 0.05) is 11.1 Å². The molecule has 2 N–H and O–H groups in total. The molecule has 0 unspecified atom stereocenters. The number of hydrogen-bond donors (Lipinski definition) is 2. The van der Waals surface area contributed by atoms with Crippen molar-refractivity contribution in [1.29, 1.82) is 0 Å². The molecular formula is C17H14F2O2. The van der Waals surface area contributed by atoms with Gasteiger partial charge in [-0.25, -0.2) is 8.78 Å². The average molecular weight is 288 g/mol. The van der Waals surface area contributed by atoms with Crippen LogP contribution >= 0.6 is 0 Å². The molecule has 0 bridgehead atoms. The largest absolute Gasteiger partial charge is 0.504 e. The molecule has 2 aromatic rings. The average Bonchev–Trinajstić information content (AvgIpc) is 2.46. The molecule has 2 rings (SSSR count). The van der Waals surface area contributed by atoms with E-state index in [9.17, 15) is 19.0 Å². The fourth-order valence-corrected chi connectivity index (χ4v) is 2.11. The molecule has 0 heterocycles. The van der Waals surface area contributed by atoms with Gasteiger partial charge in [0.05, 0.1) is 0 Å². The highest BCUT2D eigenvalue weighted by Crippen LogP contribution is 2.28. The topological polar surface area (TPSA) is 40.5 Å². The molecule has 0 amide bonds. The quantitative estimate of drug-likeness (QED) is 0.882. The van der Waals surface area contributed by atoms with Crippen LogP contribution in [0.2, 0.25) is 0 Å². The van der Waals surface area contributed by atoms with E-state index in [2.05, 4.69) is 13.2 Å². The molecule has 0 atom stereocenters. The Bertz CT molecular complexity index is 660. The van der Waals surface area contributed by atoms with Crippen molar-refractivity contribution in [3.8, 4) is 11.5 Å². The predicted molar refractivity (Wildman–Crippen MR) is 79.1 cm³/mol. The van der Waals surface area contributed by atoms with E-state index in [1.54, 1.807) is 12.1 Å². The minimum atomic E-state index is -0.759. The minimum Gasteiger partial charge on any atom is -0.504 e. The van der Waals surface area contributed by atoms with Gasteiger partial charge in [-0.3, -0.25) is 0 Å². The van der Waals surface area contributed by atoms with Crippen molar-refractivity contribution in [3.63, 3.8) is 0 Å². The molecule has 0 aromatic heterocycles. The molecule has 0 saturated heterocycles. The van der Waals surface area contributed by atoms with E-state index in [0.29, 0.717) is 11.1 Å². The zero-order valence-electron chi connectivity index (χ0n) is 11.2. The number of hydrogen-bond acceptors (Lipinski definition) is 2. The summed E-state index contributed by atoms with van der Waals surface area (Å²) in [5.74, 6) is -2.44. The van der Waals surface area contributed by atoms with Crippen LogP contribution in [-0.4, -0.2) is 10.2 Å². The molecule has 2 nitrogen and oxygen atoms in total. The highest BCUT2D eigenvalue weighted by molar-refractivity contribution is 5.59. The van der Waals surface area contributed by atoms with E-state index in [1.807, 2.05) is 0 Å². The van der Waals surface area contributed by atoms with Crippen LogP contribution in [0.25, 0.3) is 12.2 Å². The lowest BCUT2D eigenvalue weighted by atomic mass is 9.99. The maximum absolute atomic E-state index is 13.6. The molecule has 0 saturated carbocycles. The highest BCUT2D eigenvalue weighted by atomic mass is 19.1. The summed E-state index contributed by atoms with van der Waals surface area (Å²) in [5.41, 5.74) is 1.65. The molecule has 108 valence electrons. The van der Waals surface area contributed by atoms with Crippen molar-refractivity contribution in [2.24, 2.45) is 0 Å². The Morgan fingerprint density at radius 1 is 0.810 bits per heavy atom. The summed E-state index contributed by atoms with van der Waals surface area (Å²) < 4.78 is 27.2. The van der Waals surface area contributed by atoms with Crippen LogP contribution in [0.15, 0.2) is 37.4 Å². The van der Waals surface area contributed by atoms with Crippen molar-refractivity contribution >= 4 is 12.2 Å². The van der Waals surface area contributed by atoms with Gasteiger partial charge in [0.2, 0.25) is 0 Å². The zero-order chi connectivity index (χ0) is 15.6. The summed E-state index contributed by atoms with van der Waals surface area (Å²) in [6, 6.07) is 5.51. The van der Waals surface area contributed by atoms with Gasteiger partial charge in [0.1, 0.15) is 0 Å². The van der Waals surface area contributed by atoms with Crippen LogP contribution in [0.1, 0.15) is 22.3 Å². The molecule has 0 spiro atoms. The first kappa shape index (κ1) is 14.8. The molecule has 4 heteroatoms. The lowest BCUT2D eigenvalue weighted by Crippen LogP contribution is -1.94. The van der Waals surface area contributed by atoms with E-state index in [0.717, 1.165) is 0 Å². The van der Waals surface area contributed by atoms with Crippen molar-refractivity contribution in [2.75, 3.05) is 0 Å². The van der Waals surface area contributed by atoms with E-state index in [1.165, 1.54) is 24.3 Å². The van der Waals surface area contributed by atoms with E-state index >= 15 is 0 Å². The maximum Gasteiger partial charge on any atom is 0.165 e. The normalized spacial score (nSPS) is 10.4. The van der Waals surface area contributed by atoms with E-state index < -0.39 is 23.1 Å². The van der Waals surface area contributed by atoms with Gasteiger partial charge in [-0.2, -0.15) is 0 Å². The van der Waals surface area contributed by atoms with Gasteiger partial charge < -0.3 is 10.2 Å². The van der Waals surface area contributed by atoms with Crippen LogP contribution in [-0.2, 0) is 6.42 Å². The molecule has 0 aliphatic heterocycles. The Kier molecular flexibility index (Phi) is 4.08. The molecule has 0 aliphatic carbocycles. The van der Waals surface area contributed by atoms with Crippen molar-refractivity contribution in [1.82, 2.24) is 0 Å². The Morgan fingerprint density at radius 3 is 1.52 bits per heavy atom. The summed E-state index contributed by atoms with van der Waals surface area (Å²) in [5, 5.41) is 19.0. The number of benzene rings is 2. The van der Waals surface area contributed by atoms with Gasteiger partial charge in [-0.1, -0.05) is 25.3 Å². The van der Waals surface area contributed by atoms with Gasteiger partial charge in [-0.15, -0.1) is 0 Å². The Hall–Kier alpha value is -2.62. The first-order chi connectivity index (χ1) is 9.96. The summed E-state index contributed by atoms with van der Waals surface area (Å²) in [6.07, 6.45) is 2.93. The summed E-state index contributed by atoms with van der Waals surface area (Å²) >= 11 is 0. The number of rotatable bonds is 4. The number of phenolic OH excluding ortho intramolecular Hbond substituents is 2. The third-order valence-electron chi connectivity index (χ3n) is 3.15. The number of halogens is 2. The van der Waals surface area contributed by atoms with E-state index in [4.69, 9.17) is 0 Å². The molecule has 0 fully saturated rings. The predicted octanol–water partition coefficient (Wildman–Crippen LogP) is 4.25. The summed E-state index contributed by atoms with van der Waals surface area (Å²) in [4.78, 5) is 0. The maximum atomic E-state index is 13.6. The first-order valence-electron chi connectivity index (χ1n) is 6.24. The van der Waals surface area contributed by atoms with Crippen LogP contribution < -0.4 is 0 Å².